The third-order valence-electron chi connectivity index (χ3n) is 10.4. The second kappa shape index (κ2) is 43.5. The van der Waals surface area contributed by atoms with Crippen molar-refractivity contribution in [3.05, 3.63) is 108 Å². The standard InChI is InChI=1S/C17H25NO4.C14H19NO3.C11H16N2O2.C10H18O5.C9H16O5/c1-17(2,3)22-15(19)10-14(12-21-4)16(20)18-11-13-8-6-5-7-9-13;1-11(16)8-13(10-18-2)14(17)15-9-12-6-4-3-5-7-12;1-15-8-10(12)11(14)13-7-9-5-3-2-4-6-9;1-10(2,3)15-8(11)5-7(6-14-4)9(12)13;1-9(2,3)14-7(11)4-6(5-10)8(12)13/h5-9,14H,10-12H2,1-4H3,(H,18,20);3-7,13H,8-10H2,1-2H3,(H,15,17);2-6,10H,7-8,12H2,1H3,(H,13,14);7H,5-6H2,1-4H3,(H,12,13);6,10H,4-5H2,1-3H3,(H,12,13)/t14-;13-;10-;7-;6-/m11111/s1. The van der Waals surface area contributed by atoms with E-state index in [1.54, 1.807) is 62.3 Å². The average molecular weight is 1190 g/mol. The average Bonchev–Trinajstić information content (AvgIpc) is 3.44. The van der Waals surface area contributed by atoms with Crippen LogP contribution in [0.1, 0.15) is 112 Å². The Morgan fingerprint density at radius 2 is 0.702 bits per heavy atom. The minimum Gasteiger partial charge on any atom is -0.481 e. The number of amides is 3. The van der Waals surface area contributed by atoms with Gasteiger partial charge in [-0.2, -0.15) is 0 Å². The fourth-order valence-electron chi connectivity index (χ4n) is 6.64. The molecule has 0 fully saturated rings. The first-order valence-electron chi connectivity index (χ1n) is 27.1. The number of carbonyl (C=O) groups is 9. The summed E-state index contributed by atoms with van der Waals surface area (Å²) in [5.41, 5.74) is 6.86. The molecule has 0 heterocycles. The number of hydrogen-bond acceptors (Lipinski definition) is 18. The van der Waals surface area contributed by atoms with Crippen LogP contribution in [0.2, 0.25) is 0 Å². The number of hydrogen-bond donors (Lipinski definition) is 7. The summed E-state index contributed by atoms with van der Waals surface area (Å²) in [5.74, 6) is -7.22. The lowest BCUT2D eigenvalue weighted by molar-refractivity contribution is -0.161. The van der Waals surface area contributed by atoms with Crippen LogP contribution >= 0.6 is 0 Å². The molecule has 0 radical (unpaired) electrons. The summed E-state index contributed by atoms with van der Waals surface area (Å²) in [6, 6.07) is 28.3. The number of aliphatic hydroxyl groups excluding tert-OH is 1. The molecule has 5 atom stereocenters. The van der Waals surface area contributed by atoms with Crippen LogP contribution in [0, 0.1) is 23.7 Å². The summed E-state index contributed by atoms with van der Waals surface area (Å²) in [7, 11) is 5.94. The molecule has 3 aromatic carbocycles. The molecule has 0 aromatic heterocycles. The molecule has 23 nitrogen and oxygen atoms in total. The number of nitrogens with two attached hydrogens (primary N) is 1. The van der Waals surface area contributed by atoms with Crippen LogP contribution in [0.4, 0.5) is 0 Å². The maximum Gasteiger partial charge on any atom is 0.309 e. The Hall–Kier alpha value is -7.15. The zero-order valence-corrected chi connectivity index (χ0v) is 51.5. The minimum atomic E-state index is -1.20. The van der Waals surface area contributed by atoms with Crippen molar-refractivity contribution < 1.29 is 91.6 Å². The van der Waals surface area contributed by atoms with E-state index >= 15 is 0 Å². The zero-order valence-electron chi connectivity index (χ0n) is 51.5. The van der Waals surface area contributed by atoms with Crippen molar-refractivity contribution in [2.45, 2.75) is 137 Å². The maximum absolute atomic E-state index is 12.2. The molecular formula is C61H94N4O19. The Labute approximate surface area is 495 Å². The summed E-state index contributed by atoms with van der Waals surface area (Å²) in [4.78, 5) is 102. The van der Waals surface area contributed by atoms with E-state index in [4.69, 9.17) is 54.2 Å². The van der Waals surface area contributed by atoms with Gasteiger partial charge in [0.05, 0.1) is 76.0 Å². The van der Waals surface area contributed by atoms with Crippen LogP contribution in [-0.2, 0) is 95.9 Å². The molecule has 0 saturated carbocycles. The van der Waals surface area contributed by atoms with Gasteiger partial charge >= 0.3 is 29.8 Å². The number of carbonyl (C=O) groups excluding carboxylic acids is 7. The van der Waals surface area contributed by atoms with Crippen LogP contribution in [0.3, 0.4) is 0 Å². The van der Waals surface area contributed by atoms with Gasteiger partial charge in [0, 0.05) is 54.5 Å². The van der Waals surface area contributed by atoms with Gasteiger partial charge in [0.25, 0.3) is 0 Å². The number of benzene rings is 3. The normalized spacial score (nSPS) is 12.6. The van der Waals surface area contributed by atoms with Gasteiger partial charge in [-0.25, -0.2) is 0 Å². The van der Waals surface area contributed by atoms with E-state index in [2.05, 4.69) is 16.0 Å². The van der Waals surface area contributed by atoms with Crippen molar-refractivity contribution in [3.63, 3.8) is 0 Å². The topological polar surface area (TPSA) is 341 Å². The summed E-state index contributed by atoms with van der Waals surface area (Å²) >= 11 is 0. The lowest BCUT2D eigenvalue weighted by Crippen LogP contribution is -2.43. The first kappa shape index (κ1) is 78.9. The number of ketones is 1. The molecule has 0 unspecified atom stereocenters. The number of carboxylic acid groups (broad SMARTS) is 2. The first-order chi connectivity index (χ1) is 39.2. The van der Waals surface area contributed by atoms with E-state index in [0.717, 1.165) is 16.7 Å². The minimum absolute atomic E-state index is 0.00569. The van der Waals surface area contributed by atoms with Gasteiger partial charge in [0.15, 0.2) is 0 Å². The number of esters is 3. The van der Waals surface area contributed by atoms with E-state index < -0.39 is 83.0 Å². The molecule has 0 aliphatic heterocycles. The molecule has 0 aliphatic carbocycles. The molecular weight excluding hydrogens is 1090 g/mol. The van der Waals surface area contributed by atoms with E-state index in [1.165, 1.54) is 35.4 Å². The third-order valence-corrected chi connectivity index (χ3v) is 10.4. The molecule has 8 N–H and O–H groups in total. The number of Topliss-reactive ketones (excluding diaryl/α,β-unsaturated/α-hetero) is 1. The quantitative estimate of drug-likeness (QED) is 0.0344. The molecule has 0 bridgehead atoms. The molecule has 3 rings (SSSR count). The molecule has 0 saturated heterocycles. The van der Waals surface area contributed by atoms with Crippen molar-refractivity contribution in [3.8, 4) is 0 Å². The van der Waals surface area contributed by atoms with Crippen LogP contribution in [0.25, 0.3) is 0 Å². The number of methoxy groups -OCH3 is 4. The second-order valence-electron chi connectivity index (χ2n) is 22.0. The second-order valence-corrected chi connectivity index (χ2v) is 22.0. The van der Waals surface area contributed by atoms with Gasteiger partial charge in [-0.1, -0.05) is 91.0 Å². The van der Waals surface area contributed by atoms with E-state index in [1.807, 2.05) is 91.0 Å². The predicted molar refractivity (Wildman–Crippen MR) is 313 cm³/mol. The van der Waals surface area contributed by atoms with Crippen LogP contribution < -0.4 is 21.7 Å². The highest BCUT2D eigenvalue weighted by molar-refractivity contribution is 5.86. The molecule has 3 aromatic rings. The monoisotopic (exact) mass is 1190 g/mol. The van der Waals surface area contributed by atoms with E-state index in [-0.39, 0.29) is 75.6 Å². The number of aliphatic carboxylic acids is 2. The van der Waals surface area contributed by atoms with Crippen LogP contribution in [0.15, 0.2) is 91.0 Å². The lowest BCUT2D eigenvalue weighted by atomic mass is 10.0. The van der Waals surface area contributed by atoms with E-state index in [0.29, 0.717) is 19.6 Å². The highest BCUT2D eigenvalue weighted by Crippen LogP contribution is 2.16. The highest BCUT2D eigenvalue weighted by atomic mass is 16.6. The Kier molecular flexibility index (Phi) is 40.9. The molecule has 3 amide bonds. The summed E-state index contributed by atoms with van der Waals surface area (Å²) < 4.78 is 34.7. The molecule has 84 heavy (non-hydrogen) atoms. The maximum atomic E-state index is 12.2. The smallest absolute Gasteiger partial charge is 0.309 e. The number of carboxylic acids is 2. The highest BCUT2D eigenvalue weighted by Gasteiger charge is 2.28. The van der Waals surface area contributed by atoms with Gasteiger partial charge in [0.2, 0.25) is 17.7 Å². The van der Waals surface area contributed by atoms with E-state index in [9.17, 15) is 43.2 Å². The molecule has 23 heteroatoms. The molecule has 0 spiro atoms. The predicted octanol–water partition coefficient (Wildman–Crippen LogP) is 5.59. The summed E-state index contributed by atoms with van der Waals surface area (Å²) in [6.45, 7) is 18.7. The number of aliphatic hydroxyl groups is 1. The van der Waals surface area contributed by atoms with Gasteiger partial charge in [-0.05, 0) is 85.9 Å². The summed E-state index contributed by atoms with van der Waals surface area (Å²) in [5, 5.41) is 34.4. The number of rotatable bonds is 28. The van der Waals surface area contributed by atoms with Crippen molar-refractivity contribution >= 4 is 53.4 Å². The lowest BCUT2D eigenvalue weighted by Gasteiger charge is -2.21. The van der Waals surface area contributed by atoms with Gasteiger partial charge < -0.3 is 75.0 Å². The Morgan fingerprint density at radius 3 is 0.976 bits per heavy atom. The van der Waals surface area contributed by atoms with Gasteiger partial charge in [-0.15, -0.1) is 0 Å². The van der Waals surface area contributed by atoms with Gasteiger partial charge in [-0.3, -0.25) is 38.4 Å². The van der Waals surface area contributed by atoms with Crippen molar-refractivity contribution in [2.24, 2.45) is 29.4 Å². The first-order valence-corrected chi connectivity index (χ1v) is 27.1. The summed E-state index contributed by atoms with van der Waals surface area (Å²) in [6.07, 6.45) is -0.246. The van der Waals surface area contributed by atoms with Gasteiger partial charge in [0.1, 0.15) is 28.6 Å². The molecule has 472 valence electrons. The van der Waals surface area contributed by atoms with Crippen LogP contribution in [-0.4, -0.2) is 153 Å². The van der Waals surface area contributed by atoms with Crippen molar-refractivity contribution in [1.82, 2.24) is 16.0 Å². The SMILES string of the molecule is CC(C)(C)OC(=O)C[C@H](CO)C(=O)O.COC[C@@H](CC(=O)OC(C)(C)C)C(=O)NCc1ccccc1.COC[C@@H](CC(=O)OC(C)(C)C)C(=O)O.COC[C@@H](CC(C)=O)C(=O)NCc1ccccc1.COC[C@@H](N)C(=O)NCc1ccccc1. The Morgan fingerprint density at radius 1 is 0.429 bits per heavy atom. The van der Waals surface area contributed by atoms with Crippen LogP contribution in [0.5, 0.6) is 0 Å². The fourth-order valence-corrected chi connectivity index (χ4v) is 6.64. The third kappa shape index (κ3) is 43.5. The Balaban J connectivity index is 0. The zero-order chi connectivity index (χ0) is 64.5. The Bertz CT molecular complexity index is 2370. The number of nitrogens with one attached hydrogen (secondary N) is 3. The van der Waals surface area contributed by atoms with Crippen molar-refractivity contribution in [2.75, 3.05) is 61.5 Å². The fraction of sp³-hybridized carbons (Fsp3) is 0.557. The molecule has 0 aliphatic rings. The number of ether oxygens (including phenoxy) is 7. The largest absolute Gasteiger partial charge is 0.481 e. The van der Waals surface area contributed by atoms with Crippen molar-refractivity contribution in [1.29, 1.82) is 0 Å².